The van der Waals surface area contributed by atoms with E-state index in [2.05, 4.69) is 47.1 Å². The van der Waals surface area contributed by atoms with Crippen LogP contribution in [0.3, 0.4) is 0 Å². The van der Waals surface area contributed by atoms with Crippen molar-refractivity contribution in [3.05, 3.63) is 35.8 Å². The SMILES string of the molecule is COc1cc(Nc2ncc(C#N)c(NCC3CCCN4CCCCC34)n2)cc(-n2nnnc2C)c1. The van der Waals surface area contributed by atoms with Crippen LogP contribution in [-0.2, 0) is 0 Å². The molecule has 2 atom stereocenters. The number of fused-ring (bicyclic) bond motifs is 1. The Balaban J connectivity index is 1.34. The van der Waals surface area contributed by atoms with E-state index in [1.54, 1.807) is 18.0 Å². The van der Waals surface area contributed by atoms with Crippen molar-refractivity contribution in [3.63, 3.8) is 0 Å². The second kappa shape index (κ2) is 10.2. The molecule has 0 spiro atoms. The average Bonchev–Trinajstić information content (AvgIpc) is 3.33. The number of anilines is 3. The van der Waals surface area contributed by atoms with Crippen molar-refractivity contribution in [2.75, 3.05) is 37.4 Å². The lowest BCUT2D eigenvalue weighted by atomic mass is 9.83. The Morgan fingerprint density at radius 2 is 2.06 bits per heavy atom. The number of benzene rings is 1. The highest BCUT2D eigenvalue weighted by Gasteiger charge is 2.32. The van der Waals surface area contributed by atoms with E-state index in [0.29, 0.717) is 40.9 Å². The molecular weight excluding hydrogens is 444 g/mol. The number of rotatable bonds is 7. The first-order chi connectivity index (χ1) is 17.1. The molecule has 3 aromatic rings. The highest BCUT2D eigenvalue weighted by molar-refractivity contribution is 5.63. The summed E-state index contributed by atoms with van der Waals surface area (Å²) in [5, 5.41) is 28.0. The number of aryl methyl sites for hydroxylation is 1. The predicted molar refractivity (Wildman–Crippen MR) is 131 cm³/mol. The van der Waals surface area contributed by atoms with Crippen molar-refractivity contribution in [2.45, 2.75) is 45.1 Å². The first-order valence-corrected chi connectivity index (χ1v) is 12.1. The monoisotopic (exact) mass is 474 g/mol. The molecule has 0 saturated carbocycles. The molecule has 0 bridgehead atoms. The second-order valence-corrected chi connectivity index (χ2v) is 9.13. The van der Waals surface area contributed by atoms with Gasteiger partial charge in [0.25, 0.3) is 0 Å². The summed E-state index contributed by atoms with van der Waals surface area (Å²) >= 11 is 0. The van der Waals surface area contributed by atoms with E-state index in [4.69, 9.17) is 4.74 Å². The number of piperidine rings is 2. The van der Waals surface area contributed by atoms with Crippen LogP contribution in [-0.4, -0.2) is 67.9 Å². The predicted octanol–water partition coefficient (Wildman–Crippen LogP) is 3.06. The minimum atomic E-state index is 0.391. The zero-order valence-electron chi connectivity index (χ0n) is 20.1. The van der Waals surface area contributed by atoms with Gasteiger partial charge in [-0.25, -0.2) is 4.98 Å². The first kappa shape index (κ1) is 23.0. The standard InChI is InChI=1S/C24H30N10O/c1-16-30-31-32-34(16)20-10-19(11-21(12-20)35-2)28-24-27-15-18(13-25)23(29-24)26-14-17-6-5-9-33-8-4-3-7-22(17)33/h10-12,15,17,22H,3-9,14H2,1-2H3,(H2,26,27,28,29). The Hall–Kier alpha value is -3.78. The number of tetrazole rings is 1. The van der Waals surface area contributed by atoms with Crippen LogP contribution < -0.4 is 15.4 Å². The first-order valence-electron chi connectivity index (χ1n) is 12.1. The fourth-order valence-electron chi connectivity index (χ4n) is 5.20. The topological polar surface area (TPSA) is 130 Å². The molecule has 2 aromatic heterocycles. The lowest BCUT2D eigenvalue weighted by Crippen LogP contribution is -2.49. The number of nitriles is 1. The van der Waals surface area contributed by atoms with Crippen LogP contribution in [0.5, 0.6) is 5.75 Å². The normalized spacial score (nSPS) is 20.0. The van der Waals surface area contributed by atoms with E-state index < -0.39 is 0 Å². The Morgan fingerprint density at radius 1 is 1.17 bits per heavy atom. The van der Waals surface area contributed by atoms with Gasteiger partial charge in [0.2, 0.25) is 5.95 Å². The van der Waals surface area contributed by atoms with Gasteiger partial charge in [-0.2, -0.15) is 14.9 Å². The number of nitrogens with one attached hydrogen (secondary N) is 2. The number of methoxy groups -OCH3 is 1. The third-order valence-electron chi connectivity index (χ3n) is 6.92. The molecule has 5 rings (SSSR count). The van der Waals surface area contributed by atoms with Gasteiger partial charge in [-0.1, -0.05) is 6.42 Å². The van der Waals surface area contributed by atoms with Crippen LogP contribution in [0, 0.1) is 24.2 Å². The number of hydrogen-bond acceptors (Lipinski definition) is 10. The van der Waals surface area contributed by atoms with E-state index in [9.17, 15) is 5.26 Å². The van der Waals surface area contributed by atoms with Gasteiger partial charge in [0.1, 0.15) is 23.2 Å². The van der Waals surface area contributed by atoms with Gasteiger partial charge in [0, 0.05) is 30.4 Å². The fraction of sp³-hybridized carbons (Fsp3) is 0.500. The minimum absolute atomic E-state index is 0.391. The zero-order chi connectivity index (χ0) is 24.2. The Bertz CT molecular complexity index is 1220. The molecule has 11 heteroatoms. The van der Waals surface area contributed by atoms with Crippen LogP contribution >= 0.6 is 0 Å². The van der Waals surface area contributed by atoms with Gasteiger partial charge in [-0.05, 0) is 68.1 Å². The van der Waals surface area contributed by atoms with Crippen molar-refractivity contribution in [2.24, 2.45) is 5.92 Å². The average molecular weight is 475 g/mol. The Morgan fingerprint density at radius 3 is 2.86 bits per heavy atom. The van der Waals surface area contributed by atoms with Crippen LogP contribution in [0.25, 0.3) is 5.69 Å². The summed E-state index contributed by atoms with van der Waals surface area (Å²) in [5.74, 6) is 2.80. The molecule has 11 nitrogen and oxygen atoms in total. The maximum absolute atomic E-state index is 9.62. The maximum Gasteiger partial charge on any atom is 0.229 e. The molecular formula is C24H30N10O. The van der Waals surface area contributed by atoms with Gasteiger partial charge in [0.05, 0.1) is 19.0 Å². The van der Waals surface area contributed by atoms with Crippen LogP contribution in [0.2, 0.25) is 0 Å². The van der Waals surface area contributed by atoms with Crippen molar-refractivity contribution < 1.29 is 4.74 Å². The molecule has 35 heavy (non-hydrogen) atoms. The molecule has 2 N–H and O–H groups in total. The van der Waals surface area contributed by atoms with E-state index in [-0.39, 0.29) is 0 Å². The molecule has 2 aliphatic rings. The van der Waals surface area contributed by atoms with Gasteiger partial charge < -0.3 is 20.3 Å². The summed E-state index contributed by atoms with van der Waals surface area (Å²) in [5.41, 5.74) is 1.90. The number of aromatic nitrogens is 6. The molecule has 0 amide bonds. The Labute approximate surface area is 204 Å². The molecule has 0 radical (unpaired) electrons. The number of ether oxygens (including phenoxy) is 1. The van der Waals surface area contributed by atoms with Crippen LogP contribution in [0.1, 0.15) is 43.5 Å². The smallest absolute Gasteiger partial charge is 0.229 e. The summed E-state index contributed by atoms with van der Waals surface area (Å²) in [6.07, 6.45) is 7.84. The fourth-order valence-corrected chi connectivity index (χ4v) is 5.20. The largest absolute Gasteiger partial charge is 0.497 e. The van der Waals surface area contributed by atoms with Crippen molar-refractivity contribution in [3.8, 4) is 17.5 Å². The second-order valence-electron chi connectivity index (χ2n) is 9.13. The van der Waals surface area contributed by atoms with E-state index in [1.807, 2.05) is 25.1 Å². The van der Waals surface area contributed by atoms with Crippen molar-refractivity contribution in [1.82, 2.24) is 35.1 Å². The van der Waals surface area contributed by atoms with E-state index in [0.717, 1.165) is 17.9 Å². The number of hydrogen-bond donors (Lipinski definition) is 2. The highest BCUT2D eigenvalue weighted by atomic mass is 16.5. The molecule has 2 aliphatic heterocycles. The number of nitrogens with zero attached hydrogens (tertiary/aromatic N) is 8. The molecule has 182 valence electrons. The van der Waals surface area contributed by atoms with E-state index >= 15 is 0 Å². The molecule has 4 heterocycles. The minimum Gasteiger partial charge on any atom is -0.497 e. The summed E-state index contributed by atoms with van der Waals surface area (Å²) in [4.78, 5) is 11.6. The molecule has 1 aromatic carbocycles. The summed E-state index contributed by atoms with van der Waals surface area (Å²) in [7, 11) is 1.61. The van der Waals surface area contributed by atoms with Gasteiger partial charge >= 0.3 is 0 Å². The molecule has 0 aliphatic carbocycles. The van der Waals surface area contributed by atoms with E-state index in [1.165, 1.54) is 45.2 Å². The molecule has 2 unspecified atom stereocenters. The molecule has 2 saturated heterocycles. The van der Waals surface area contributed by atoms with Crippen molar-refractivity contribution in [1.29, 1.82) is 5.26 Å². The van der Waals surface area contributed by atoms with Crippen LogP contribution in [0.4, 0.5) is 17.5 Å². The third kappa shape index (κ3) is 5.02. The quantitative estimate of drug-likeness (QED) is 0.527. The zero-order valence-corrected chi connectivity index (χ0v) is 20.1. The lowest BCUT2D eigenvalue weighted by Gasteiger charge is -2.44. The van der Waals surface area contributed by atoms with Crippen molar-refractivity contribution >= 4 is 17.5 Å². The maximum atomic E-state index is 9.62. The van der Waals surface area contributed by atoms with Gasteiger partial charge in [-0.15, -0.1) is 5.10 Å². The summed E-state index contributed by atoms with van der Waals surface area (Å²) in [6, 6.07) is 8.42. The molecule has 2 fully saturated rings. The summed E-state index contributed by atoms with van der Waals surface area (Å²) < 4.78 is 7.08. The summed E-state index contributed by atoms with van der Waals surface area (Å²) in [6.45, 7) is 5.04. The highest BCUT2D eigenvalue weighted by Crippen LogP contribution is 2.31. The van der Waals surface area contributed by atoms with Gasteiger partial charge in [0.15, 0.2) is 5.82 Å². The van der Waals surface area contributed by atoms with Gasteiger partial charge in [-0.3, -0.25) is 0 Å². The lowest BCUT2D eigenvalue weighted by molar-refractivity contribution is 0.0649. The Kier molecular flexibility index (Phi) is 6.72. The van der Waals surface area contributed by atoms with Crippen LogP contribution in [0.15, 0.2) is 24.4 Å². The third-order valence-corrected chi connectivity index (χ3v) is 6.92.